The van der Waals surface area contributed by atoms with E-state index in [1.807, 2.05) is 39.8 Å². The van der Waals surface area contributed by atoms with Gasteiger partial charge in [0.15, 0.2) is 0 Å². The zero-order valence-corrected chi connectivity index (χ0v) is 23.6. The van der Waals surface area contributed by atoms with Crippen LogP contribution in [-0.2, 0) is 33.8 Å². The van der Waals surface area contributed by atoms with Gasteiger partial charge in [-0.3, -0.25) is 14.4 Å². The van der Waals surface area contributed by atoms with Crippen LogP contribution in [0.1, 0.15) is 74.4 Å². The minimum absolute atomic E-state index is 0.0709. The molecule has 2 aromatic carbocycles. The minimum Gasteiger partial charge on any atom is -0.347 e. The summed E-state index contributed by atoms with van der Waals surface area (Å²) in [4.78, 5) is 42.6. The summed E-state index contributed by atoms with van der Waals surface area (Å²) in [6.07, 6.45) is 3.35. The first-order chi connectivity index (χ1) is 18.0. The van der Waals surface area contributed by atoms with E-state index in [9.17, 15) is 14.4 Å². The first kappa shape index (κ1) is 27.8. The molecule has 204 valence electrons. The van der Waals surface area contributed by atoms with E-state index in [2.05, 4.69) is 46.3 Å². The van der Waals surface area contributed by atoms with Crippen LogP contribution in [0.4, 0.5) is 0 Å². The minimum atomic E-state index is -0.775. The average molecular weight is 519 g/mol. The van der Waals surface area contributed by atoms with Crippen molar-refractivity contribution in [2.75, 3.05) is 7.05 Å². The fourth-order valence-corrected chi connectivity index (χ4v) is 5.56. The second-order valence-electron chi connectivity index (χ2n) is 11.9. The maximum atomic E-state index is 14.2. The number of carbonyl (C=O) groups excluding carboxylic acids is 3. The zero-order chi connectivity index (χ0) is 27.6. The van der Waals surface area contributed by atoms with Crippen LogP contribution >= 0.6 is 0 Å². The molecule has 7 nitrogen and oxygen atoms in total. The lowest BCUT2D eigenvalue weighted by Gasteiger charge is -2.42. The summed E-state index contributed by atoms with van der Waals surface area (Å²) in [5.41, 5.74) is 5.14. The number of likely N-dealkylation sites (N-methyl/N-ethyl adjacent to an activating group) is 1. The van der Waals surface area contributed by atoms with Crippen LogP contribution in [0.3, 0.4) is 0 Å². The van der Waals surface area contributed by atoms with Crippen LogP contribution in [0.15, 0.2) is 42.5 Å². The second-order valence-corrected chi connectivity index (χ2v) is 11.9. The van der Waals surface area contributed by atoms with Gasteiger partial charge in [-0.05, 0) is 67.8 Å². The Balaban J connectivity index is 1.65. The van der Waals surface area contributed by atoms with E-state index in [1.54, 1.807) is 18.9 Å². The molecule has 0 unspecified atom stereocenters. The lowest BCUT2D eigenvalue weighted by molar-refractivity contribution is -0.147. The molecule has 2 aliphatic rings. The smallest absolute Gasteiger partial charge is 0.246 e. The predicted molar refractivity (Wildman–Crippen MR) is 149 cm³/mol. The van der Waals surface area contributed by atoms with E-state index in [0.717, 1.165) is 41.5 Å². The van der Waals surface area contributed by atoms with Gasteiger partial charge in [-0.2, -0.15) is 0 Å². The topological polar surface area (TPSA) is 90.5 Å². The molecule has 0 saturated heterocycles. The second kappa shape index (κ2) is 11.3. The zero-order valence-electron chi connectivity index (χ0n) is 23.6. The van der Waals surface area contributed by atoms with Crippen molar-refractivity contribution in [2.24, 2.45) is 5.41 Å². The summed E-state index contributed by atoms with van der Waals surface area (Å²) >= 11 is 0. The summed E-state index contributed by atoms with van der Waals surface area (Å²) in [6.45, 7) is 9.95. The van der Waals surface area contributed by atoms with Crippen molar-refractivity contribution < 1.29 is 14.4 Å². The van der Waals surface area contributed by atoms with Gasteiger partial charge in [-0.15, -0.1) is 0 Å². The van der Waals surface area contributed by atoms with Gasteiger partial charge in [-0.25, -0.2) is 0 Å². The molecule has 7 heteroatoms. The Morgan fingerprint density at radius 3 is 2.47 bits per heavy atom. The van der Waals surface area contributed by atoms with E-state index in [4.69, 9.17) is 0 Å². The van der Waals surface area contributed by atoms with Crippen molar-refractivity contribution in [3.63, 3.8) is 0 Å². The molecule has 3 amide bonds. The van der Waals surface area contributed by atoms with Crippen LogP contribution in [0, 0.1) is 12.3 Å². The van der Waals surface area contributed by atoms with Crippen molar-refractivity contribution in [1.29, 1.82) is 0 Å². The molecule has 2 aromatic rings. The molecule has 0 bridgehead atoms. The number of amides is 3. The Labute approximate surface area is 226 Å². The van der Waals surface area contributed by atoms with E-state index in [-0.39, 0.29) is 23.8 Å². The standard InChI is InChI=1S/C31H42N4O3/c1-19-14-15-22-17-26(29(37)33-25-13-9-11-21-10-7-8-12-24(21)25)35(18-23(22)16-19)30(38)27(31(3,4)5)34-28(36)20(2)32-6/h7-8,10,12,14-16,20,25-27,32H,9,11,13,17-18H2,1-6H3,(H,33,37)(H,34,36)/t20-,25-,26-,27+/m0/s1. The van der Waals surface area contributed by atoms with Gasteiger partial charge in [-0.1, -0.05) is 68.8 Å². The van der Waals surface area contributed by atoms with Crippen molar-refractivity contribution in [3.05, 3.63) is 70.3 Å². The number of nitrogens with zero attached hydrogens (tertiary/aromatic N) is 1. The molecule has 0 saturated carbocycles. The quantitative estimate of drug-likeness (QED) is 0.545. The predicted octanol–water partition coefficient (Wildman–Crippen LogP) is 3.58. The summed E-state index contributed by atoms with van der Waals surface area (Å²) in [5.74, 6) is -0.617. The largest absolute Gasteiger partial charge is 0.347 e. The van der Waals surface area contributed by atoms with Gasteiger partial charge in [0.1, 0.15) is 12.1 Å². The maximum Gasteiger partial charge on any atom is 0.246 e. The van der Waals surface area contributed by atoms with Crippen LogP contribution in [0.2, 0.25) is 0 Å². The highest BCUT2D eigenvalue weighted by Crippen LogP contribution is 2.32. The maximum absolute atomic E-state index is 14.2. The Hall–Kier alpha value is -3.19. The first-order valence-electron chi connectivity index (χ1n) is 13.7. The Kier molecular flexibility index (Phi) is 8.26. The van der Waals surface area contributed by atoms with Gasteiger partial charge in [0.05, 0.1) is 12.1 Å². The number of carbonyl (C=O) groups is 3. The highest BCUT2D eigenvalue weighted by atomic mass is 16.2. The van der Waals surface area contributed by atoms with Crippen molar-refractivity contribution >= 4 is 17.7 Å². The van der Waals surface area contributed by atoms with Gasteiger partial charge in [0.2, 0.25) is 17.7 Å². The van der Waals surface area contributed by atoms with E-state index < -0.39 is 23.5 Å². The number of hydrogen-bond donors (Lipinski definition) is 3. The van der Waals surface area contributed by atoms with Gasteiger partial charge in [0.25, 0.3) is 0 Å². The molecule has 4 rings (SSSR count). The molecule has 4 atom stereocenters. The SMILES string of the molecule is CN[C@@H](C)C(=O)N[C@H](C(=O)N1Cc2cc(C)ccc2C[C@H]1C(=O)N[C@H]1CCCc2ccccc21)C(C)(C)C. The fraction of sp³-hybridized carbons (Fsp3) is 0.516. The van der Waals surface area contributed by atoms with E-state index >= 15 is 0 Å². The molecule has 1 aliphatic carbocycles. The molecule has 0 fully saturated rings. The number of hydrogen-bond acceptors (Lipinski definition) is 4. The summed E-state index contributed by atoms with van der Waals surface area (Å²) in [5, 5.41) is 9.20. The molecule has 0 aromatic heterocycles. The van der Waals surface area contributed by atoms with Crippen LogP contribution < -0.4 is 16.0 Å². The van der Waals surface area contributed by atoms with E-state index in [0.29, 0.717) is 13.0 Å². The molecule has 1 aliphatic heterocycles. The Bertz CT molecular complexity index is 1200. The number of fused-ring (bicyclic) bond motifs is 2. The van der Waals surface area contributed by atoms with Crippen LogP contribution in [0.5, 0.6) is 0 Å². The van der Waals surface area contributed by atoms with Gasteiger partial charge >= 0.3 is 0 Å². The molecule has 1 heterocycles. The molecule has 0 spiro atoms. The Morgan fingerprint density at radius 2 is 1.76 bits per heavy atom. The Morgan fingerprint density at radius 1 is 1.03 bits per heavy atom. The van der Waals surface area contributed by atoms with Crippen LogP contribution in [0.25, 0.3) is 0 Å². The van der Waals surface area contributed by atoms with Crippen molar-refractivity contribution in [2.45, 2.75) is 91.0 Å². The molecule has 0 radical (unpaired) electrons. The molecular formula is C31H42N4O3. The monoisotopic (exact) mass is 518 g/mol. The summed E-state index contributed by atoms with van der Waals surface area (Å²) in [6, 6.07) is 12.6. The molecule has 38 heavy (non-hydrogen) atoms. The number of benzene rings is 2. The van der Waals surface area contributed by atoms with Crippen molar-refractivity contribution in [1.82, 2.24) is 20.9 Å². The lowest BCUT2D eigenvalue weighted by atomic mass is 9.83. The molecule has 3 N–H and O–H groups in total. The summed E-state index contributed by atoms with van der Waals surface area (Å²) in [7, 11) is 1.71. The number of nitrogens with one attached hydrogen (secondary N) is 3. The normalized spacial score (nSPS) is 20.5. The van der Waals surface area contributed by atoms with Crippen LogP contribution in [-0.4, -0.2) is 47.8 Å². The van der Waals surface area contributed by atoms with Gasteiger partial charge in [0, 0.05) is 13.0 Å². The number of rotatable bonds is 6. The highest BCUT2D eigenvalue weighted by molar-refractivity contribution is 5.94. The van der Waals surface area contributed by atoms with E-state index in [1.165, 1.54) is 5.56 Å². The first-order valence-corrected chi connectivity index (χ1v) is 13.7. The third-order valence-electron chi connectivity index (χ3n) is 7.99. The fourth-order valence-electron chi connectivity index (χ4n) is 5.56. The van der Waals surface area contributed by atoms with Gasteiger partial charge < -0.3 is 20.9 Å². The summed E-state index contributed by atoms with van der Waals surface area (Å²) < 4.78 is 0. The number of aryl methyl sites for hydroxylation is 2. The van der Waals surface area contributed by atoms with Crippen molar-refractivity contribution in [3.8, 4) is 0 Å². The highest BCUT2D eigenvalue weighted by Gasteiger charge is 2.42. The third-order valence-corrected chi connectivity index (χ3v) is 7.99. The lowest BCUT2D eigenvalue weighted by Crippen LogP contribution is -2.62. The third kappa shape index (κ3) is 5.93. The average Bonchev–Trinajstić information content (AvgIpc) is 2.89. The molecular weight excluding hydrogens is 476 g/mol.